The third kappa shape index (κ3) is 5.20. The van der Waals surface area contributed by atoms with Crippen LogP contribution in [0.15, 0.2) is 146 Å². The summed E-state index contributed by atoms with van der Waals surface area (Å²) in [5.41, 5.74) is 8.27. The number of fused-ring (bicyclic) bond motifs is 1. The van der Waals surface area contributed by atoms with E-state index in [1.165, 1.54) is 33.4 Å². The van der Waals surface area contributed by atoms with Crippen molar-refractivity contribution in [3.8, 4) is 0 Å². The van der Waals surface area contributed by atoms with E-state index in [2.05, 4.69) is 169 Å². The van der Waals surface area contributed by atoms with Gasteiger partial charge in [-0.1, -0.05) is 146 Å². The molecule has 2 heteroatoms. The van der Waals surface area contributed by atoms with E-state index in [1.54, 1.807) is 0 Å². The molecule has 6 rings (SSSR count). The minimum absolute atomic E-state index is 0.247. The van der Waals surface area contributed by atoms with E-state index in [0.29, 0.717) is 6.04 Å². The third-order valence-corrected chi connectivity index (χ3v) is 10.1. The normalized spacial score (nSPS) is 15.3. The smallest absolute Gasteiger partial charge is 0.0913 e. The summed E-state index contributed by atoms with van der Waals surface area (Å²) in [5, 5.41) is 0.247. The molecule has 0 aromatic heterocycles. The summed E-state index contributed by atoms with van der Waals surface area (Å²) in [5.74, 6) is 0. The van der Waals surface area contributed by atoms with E-state index in [-0.39, 0.29) is 10.00 Å². The van der Waals surface area contributed by atoms with Crippen molar-refractivity contribution in [2.45, 2.75) is 35.9 Å². The van der Waals surface area contributed by atoms with Gasteiger partial charge in [0.1, 0.15) is 0 Å². The van der Waals surface area contributed by atoms with Crippen LogP contribution in [0.5, 0.6) is 0 Å². The molecule has 194 valence electrons. The SMILES string of the molecule is C[C@H]([C@@H](SC(c1ccccc1)(c1ccccc1)c1ccccc1)c1ccccc1)N1CCc2ccccc2C1. The van der Waals surface area contributed by atoms with Gasteiger partial charge in [-0.2, -0.15) is 0 Å². The molecule has 0 spiro atoms. The van der Waals surface area contributed by atoms with Crippen molar-refractivity contribution in [1.29, 1.82) is 0 Å². The third-order valence-electron chi connectivity index (χ3n) is 8.15. The molecule has 0 bridgehead atoms. The summed E-state index contributed by atoms with van der Waals surface area (Å²) in [6, 6.07) is 53.7. The fourth-order valence-corrected chi connectivity index (χ4v) is 7.92. The van der Waals surface area contributed by atoms with Crippen molar-refractivity contribution in [2.75, 3.05) is 6.54 Å². The van der Waals surface area contributed by atoms with E-state index in [4.69, 9.17) is 0 Å². The van der Waals surface area contributed by atoms with Gasteiger partial charge in [0.2, 0.25) is 0 Å². The zero-order chi connectivity index (χ0) is 26.5. The van der Waals surface area contributed by atoms with Gasteiger partial charge in [0.25, 0.3) is 0 Å². The van der Waals surface area contributed by atoms with Gasteiger partial charge in [0.15, 0.2) is 0 Å². The number of benzene rings is 5. The van der Waals surface area contributed by atoms with Crippen LogP contribution < -0.4 is 0 Å². The van der Waals surface area contributed by atoms with E-state index >= 15 is 0 Å². The van der Waals surface area contributed by atoms with Crippen LogP contribution in [-0.2, 0) is 17.7 Å². The zero-order valence-electron chi connectivity index (χ0n) is 22.5. The highest BCUT2D eigenvalue weighted by Gasteiger charge is 2.42. The first-order chi connectivity index (χ1) is 19.3. The molecular formula is C37H35NS. The maximum Gasteiger partial charge on any atom is 0.0913 e. The zero-order valence-corrected chi connectivity index (χ0v) is 23.3. The average Bonchev–Trinajstić information content (AvgIpc) is 3.03. The molecule has 5 aromatic carbocycles. The molecule has 1 nitrogen and oxygen atoms in total. The van der Waals surface area contributed by atoms with Crippen molar-refractivity contribution >= 4 is 11.8 Å². The summed E-state index contributed by atoms with van der Waals surface area (Å²) >= 11 is 2.09. The van der Waals surface area contributed by atoms with Gasteiger partial charge in [-0.3, -0.25) is 4.90 Å². The highest BCUT2D eigenvalue weighted by molar-refractivity contribution is 8.00. The van der Waals surface area contributed by atoms with Crippen molar-refractivity contribution in [2.24, 2.45) is 0 Å². The molecule has 0 N–H and O–H groups in total. The number of nitrogens with zero attached hydrogens (tertiary/aromatic N) is 1. The Balaban J connectivity index is 1.50. The van der Waals surface area contributed by atoms with Gasteiger partial charge in [0, 0.05) is 24.4 Å². The molecule has 1 aliphatic rings. The Kier molecular flexibility index (Phi) is 7.67. The van der Waals surface area contributed by atoms with Gasteiger partial charge in [-0.15, -0.1) is 11.8 Å². The molecule has 1 heterocycles. The molecule has 0 aliphatic carbocycles. The van der Waals surface area contributed by atoms with E-state index in [1.807, 2.05) is 0 Å². The van der Waals surface area contributed by atoms with Gasteiger partial charge in [0.05, 0.1) is 4.75 Å². The minimum atomic E-state index is -0.369. The van der Waals surface area contributed by atoms with Crippen LogP contribution in [0, 0.1) is 0 Å². The summed E-state index contributed by atoms with van der Waals surface area (Å²) < 4.78 is -0.369. The Labute approximate surface area is 237 Å². The topological polar surface area (TPSA) is 3.24 Å². The largest absolute Gasteiger partial charge is 0.295 e. The molecule has 1 aliphatic heterocycles. The van der Waals surface area contributed by atoms with Crippen LogP contribution in [0.3, 0.4) is 0 Å². The first-order valence-corrected chi connectivity index (χ1v) is 14.8. The fraction of sp³-hybridized carbons (Fsp3) is 0.189. The first kappa shape index (κ1) is 25.7. The maximum absolute atomic E-state index is 2.69. The second kappa shape index (κ2) is 11.7. The van der Waals surface area contributed by atoms with Crippen LogP contribution in [0.25, 0.3) is 0 Å². The Morgan fingerprint density at radius 1 is 0.564 bits per heavy atom. The summed E-state index contributed by atoms with van der Waals surface area (Å²) in [4.78, 5) is 2.69. The van der Waals surface area contributed by atoms with E-state index < -0.39 is 0 Å². The average molecular weight is 526 g/mol. The molecule has 2 atom stereocenters. The van der Waals surface area contributed by atoms with Gasteiger partial charge < -0.3 is 0 Å². The molecular weight excluding hydrogens is 490 g/mol. The number of hydrogen-bond acceptors (Lipinski definition) is 2. The van der Waals surface area contributed by atoms with E-state index in [9.17, 15) is 0 Å². The van der Waals surface area contributed by atoms with Crippen molar-refractivity contribution in [3.05, 3.63) is 179 Å². The molecule has 0 amide bonds. The predicted molar refractivity (Wildman–Crippen MR) is 166 cm³/mol. The lowest BCUT2D eigenvalue weighted by atomic mass is 9.84. The molecule has 0 unspecified atom stereocenters. The maximum atomic E-state index is 2.69. The predicted octanol–water partition coefficient (Wildman–Crippen LogP) is 8.90. The van der Waals surface area contributed by atoms with Crippen molar-refractivity contribution in [1.82, 2.24) is 4.90 Å². The lowest BCUT2D eigenvalue weighted by molar-refractivity contribution is 0.187. The highest BCUT2D eigenvalue weighted by Crippen LogP contribution is 2.55. The van der Waals surface area contributed by atoms with E-state index in [0.717, 1.165) is 19.5 Å². The Bertz CT molecular complexity index is 1370. The number of rotatable bonds is 8. The Hall–Kier alpha value is -3.59. The summed E-state index contributed by atoms with van der Waals surface area (Å²) in [6.07, 6.45) is 1.11. The van der Waals surface area contributed by atoms with Gasteiger partial charge >= 0.3 is 0 Å². The van der Waals surface area contributed by atoms with Crippen LogP contribution in [0.4, 0.5) is 0 Å². The second-order valence-corrected chi connectivity index (χ2v) is 11.8. The quantitative estimate of drug-likeness (QED) is 0.186. The number of hydrogen-bond donors (Lipinski definition) is 0. The summed E-state index contributed by atoms with van der Waals surface area (Å²) in [7, 11) is 0. The molecule has 0 radical (unpaired) electrons. The van der Waals surface area contributed by atoms with Crippen LogP contribution in [0.1, 0.15) is 45.6 Å². The monoisotopic (exact) mass is 525 g/mol. The Morgan fingerprint density at radius 2 is 1.00 bits per heavy atom. The van der Waals surface area contributed by atoms with Crippen LogP contribution >= 0.6 is 11.8 Å². The fourth-order valence-electron chi connectivity index (χ4n) is 6.06. The standard InChI is InChI=1S/C37H35NS/c1-29(38-27-26-30-16-14-15-19-32(30)28-38)36(31-17-6-2-7-18-31)39-37(33-20-8-3-9-21-33,34-22-10-4-11-23-34)35-24-12-5-13-25-35/h2-25,29,36H,26-28H2,1H3/t29-,36-/m1/s1. The van der Waals surface area contributed by atoms with Crippen LogP contribution in [-0.4, -0.2) is 17.5 Å². The van der Waals surface area contributed by atoms with Crippen molar-refractivity contribution < 1.29 is 0 Å². The molecule has 0 saturated heterocycles. The minimum Gasteiger partial charge on any atom is -0.295 e. The summed E-state index contributed by atoms with van der Waals surface area (Å²) in [6.45, 7) is 4.51. The van der Waals surface area contributed by atoms with Crippen LogP contribution in [0.2, 0.25) is 0 Å². The number of thioether (sulfide) groups is 1. The molecule has 0 fully saturated rings. The first-order valence-electron chi connectivity index (χ1n) is 14.0. The van der Waals surface area contributed by atoms with Gasteiger partial charge in [-0.05, 0) is 46.7 Å². The second-order valence-electron chi connectivity index (χ2n) is 10.5. The lowest BCUT2D eigenvalue weighted by Gasteiger charge is -2.43. The Morgan fingerprint density at radius 3 is 1.51 bits per heavy atom. The highest BCUT2D eigenvalue weighted by atomic mass is 32.2. The lowest BCUT2D eigenvalue weighted by Crippen LogP contribution is -2.41. The van der Waals surface area contributed by atoms with Crippen molar-refractivity contribution in [3.63, 3.8) is 0 Å². The van der Waals surface area contributed by atoms with Gasteiger partial charge in [-0.25, -0.2) is 0 Å². The molecule has 0 saturated carbocycles. The molecule has 39 heavy (non-hydrogen) atoms. The molecule has 5 aromatic rings.